The van der Waals surface area contributed by atoms with Crippen LogP contribution < -0.4 is 16.0 Å². The van der Waals surface area contributed by atoms with Crippen LogP contribution in [0.25, 0.3) is 0 Å². The highest BCUT2D eigenvalue weighted by atomic mass is 127. The minimum Gasteiger partial charge on any atom is -0.444 e. The van der Waals surface area contributed by atoms with Crippen molar-refractivity contribution in [2.24, 2.45) is 10.9 Å². The average molecular weight is 497 g/mol. The van der Waals surface area contributed by atoms with Crippen molar-refractivity contribution < 1.29 is 9.53 Å². The molecule has 160 valence electrons. The number of aliphatic imine (C=N–C) groups is 1. The van der Waals surface area contributed by atoms with E-state index in [2.05, 4.69) is 46.6 Å². The van der Waals surface area contributed by atoms with Crippen molar-refractivity contribution in [1.82, 2.24) is 20.9 Å². The number of likely N-dealkylation sites (tertiary alicyclic amines) is 1. The Hall–Kier alpha value is -0.770. The van der Waals surface area contributed by atoms with Crippen molar-refractivity contribution in [3.8, 4) is 0 Å². The number of hydrogen-bond donors (Lipinski definition) is 3. The summed E-state index contributed by atoms with van der Waals surface area (Å²) in [5, 5.41) is 9.36. The normalized spacial score (nSPS) is 19.1. The molecule has 0 aromatic rings. The summed E-state index contributed by atoms with van der Waals surface area (Å²) in [6.07, 6.45) is 2.20. The number of carbonyl (C=O) groups excluding carboxylic acids is 1. The van der Waals surface area contributed by atoms with Gasteiger partial charge in [0.25, 0.3) is 0 Å². The first kappa shape index (κ1) is 26.2. The van der Waals surface area contributed by atoms with Crippen molar-refractivity contribution in [3.05, 3.63) is 0 Å². The van der Waals surface area contributed by atoms with Gasteiger partial charge < -0.3 is 20.7 Å². The van der Waals surface area contributed by atoms with Gasteiger partial charge >= 0.3 is 6.09 Å². The van der Waals surface area contributed by atoms with E-state index in [1.165, 1.54) is 12.8 Å². The van der Waals surface area contributed by atoms with E-state index in [-0.39, 0.29) is 29.5 Å². The molecule has 3 N–H and O–H groups in total. The van der Waals surface area contributed by atoms with E-state index in [1.807, 2.05) is 20.8 Å². The minimum absolute atomic E-state index is 0. The van der Waals surface area contributed by atoms with Gasteiger partial charge in [-0.05, 0) is 59.9 Å². The molecule has 0 saturated carbocycles. The van der Waals surface area contributed by atoms with E-state index in [9.17, 15) is 4.79 Å². The third-order valence-corrected chi connectivity index (χ3v) is 4.51. The maximum absolute atomic E-state index is 11.6. The van der Waals surface area contributed by atoms with Crippen LogP contribution in [0, 0.1) is 5.92 Å². The highest BCUT2D eigenvalue weighted by Crippen LogP contribution is 2.23. The molecule has 1 fully saturated rings. The topological polar surface area (TPSA) is 78.0 Å². The maximum atomic E-state index is 11.6. The molecule has 1 rings (SSSR count). The van der Waals surface area contributed by atoms with Gasteiger partial charge in [-0.25, -0.2) is 4.79 Å². The summed E-state index contributed by atoms with van der Waals surface area (Å²) in [4.78, 5) is 18.4. The lowest BCUT2D eigenvalue weighted by molar-refractivity contribution is 0.0529. The van der Waals surface area contributed by atoms with E-state index in [0.717, 1.165) is 31.5 Å². The fraction of sp³-hybridized carbons (Fsp3) is 0.895. The van der Waals surface area contributed by atoms with Gasteiger partial charge in [-0.1, -0.05) is 6.92 Å². The first-order valence-corrected chi connectivity index (χ1v) is 9.70. The zero-order valence-electron chi connectivity index (χ0n) is 18.1. The highest BCUT2D eigenvalue weighted by Gasteiger charge is 2.30. The summed E-state index contributed by atoms with van der Waals surface area (Å²) < 4.78 is 5.21. The van der Waals surface area contributed by atoms with Gasteiger partial charge in [0.2, 0.25) is 0 Å². The van der Waals surface area contributed by atoms with Gasteiger partial charge in [0, 0.05) is 38.8 Å². The molecule has 0 bridgehead atoms. The van der Waals surface area contributed by atoms with Crippen molar-refractivity contribution in [2.45, 2.75) is 65.5 Å². The first-order valence-electron chi connectivity index (χ1n) is 9.70. The molecule has 0 aromatic carbocycles. The molecule has 27 heavy (non-hydrogen) atoms. The van der Waals surface area contributed by atoms with Gasteiger partial charge in [0.1, 0.15) is 5.60 Å². The van der Waals surface area contributed by atoms with Gasteiger partial charge in [-0.3, -0.25) is 9.89 Å². The van der Waals surface area contributed by atoms with Crippen LogP contribution in [0.1, 0.15) is 54.4 Å². The fourth-order valence-corrected chi connectivity index (χ4v) is 3.03. The number of carbonyl (C=O) groups is 1. The molecule has 1 saturated heterocycles. The summed E-state index contributed by atoms with van der Waals surface area (Å²) in [5.41, 5.74) is -0.409. The van der Waals surface area contributed by atoms with Crippen LogP contribution in [0.2, 0.25) is 0 Å². The molecule has 1 aliphatic rings. The van der Waals surface area contributed by atoms with Crippen LogP contribution in [-0.2, 0) is 4.74 Å². The number of hydrogen-bond acceptors (Lipinski definition) is 4. The molecular formula is C19H40IN5O2. The minimum atomic E-state index is -0.480. The van der Waals surface area contributed by atoms with Crippen molar-refractivity contribution in [3.63, 3.8) is 0 Å². The molecule has 1 amide bonds. The summed E-state index contributed by atoms with van der Waals surface area (Å²) in [6, 6.07) is 0. The smallest absolute Gasteiger partial charge is 0.407 e. The molecule has 0 aromatic heterocycles. The molecular weight excluding hydrogens is 457 g/mol. The Bertz CT molecular complexity index is 477. The van der Waals surface area contributed by atoms with Crippen LogP contribution in [0.3, 0.4) is 0 Å². The Labute approximate surface area is 182 Å². The average Bonchev–Trinajstić information content (AvgIpc) is 2.52. The summed E-state index contributed by atoms with van der Waals surface area (Å²) in [7, 11) is 1.76. The second-order valence-electron chi connectivity index (χ2n) is 8.79. The molecule has 7 nitrogen and oxygen atoms in total. The Morgan fingerprint density at radius 1 is 1.15 bits per heavy atom. The molecule has 1 aliphatic heterocycles. The number of guanidine groups is 1. The third-order valence-electron chi connectivity index (χ3n) is 4.51. The molecule has 1 atom stereocenters. The zero-order chi connectivity index (χ0) is 19.8. The second kappa shape index (κ2) is 11.9. The van der Waals surface area contributed by atoms with Crippen molar-refractivity contribution in [2.75, 3.05) is 39.8 Å². The molecule has 0 spiro atoms. The predicted octanol–water partition coefficient (Wildman–Crippen LogP) is 2.80. The summed E-state index contributed by atoms with van der Waals surface area (Å²) in [6.45, 7) is 16.6. The Morgan fingerprint density at radius 3 is 2.33 bits per heavy atom. The predicted molar refractivity (Wildman–Crippen MR) is 123 cm³/mol. The van der Waals surface area contributed by atoms with E-state index in [4.69, 9.17) is 4.74 Å². The van der Waals surface area contributed by atoms with E-state index < -0.39 is 11.7 Å². The number of nitrogens with one attached hydrogen (secondary N) is 3. The Morgan fingerprint density at radius 2 is 1.78 bits per heavy atom. The fourth-order valence-electron chi connectivity index (χ4n) is 3.03. The highest BCUT2D eigenvalue weighted by molar-refractivity contribution is 14.0. The zero-order valence-corrected chi connectivity index (χ0v) is 20.5. The standard InChI is InChI=1S/C19H39N5O2.HI/c1-15-9-8-12-24(13-15)19(5,6)14-23-16(20-7)21-10-11-22-17(25)26-18(2,3)4;/h15H,8-14H2,1-7H3,(H,22,25)(H2,20,21,23);1H. The lowest BCUT2D eigenvalue weighted by Gasteiger charge is -2.43. The van der Waals surface area contributed by atoms with Crippen LogP contribution in [0.4, 0.5) is 4.79 Å². The van der Waals surface area contributed by atoms with Gasteiger partial charge in [0.05, 0.1) is 0 Å². The summed E-state index contributed by atoms with van der Waals surface area (Å²) >= 11 is 0. The largest absolute Gasteiger partial charge is 0.444 e. The van der Waals surface area contributed by atoms with E-state index in [1.54, 1.807) is 7.05 Å². The van der Waals surface area contributed by atoms with Gasteiger partial charge in [0.15, 0.2) is 5.96 Å². The molecule has 8 heteroatoms. The quantitative estimate of drug-likeness (QED) is 0.228. The Balaban J connectivity index is 0.00000676. The lowest BCUT2D eigenvalue weighted by Crippen LogP contribution is -2.56. The SMILES string of the molecule is CN=C(NCCNC(=O)OC(C)(C)C)NCC(C)(C)N1CCCC(C)C1.I. The molecule has 0 radical (unpaired) electrons. The molecule has 1 unspecified atom stereocenters. The van der Waals surface area contributed by atoms with Gasteiger partial charge in [-0.2, -0.15) is 0 Å². The van der Waals surface area contributed by atoms with Crippen molar-refractivity contribution in [1.29, 1.82) is 0 Å². The number of amides is 1. The van der Waals surface area contributed by atoms with E-state index in [0.29, 0.717) is 13.1 Å². The lowest BCUT2D eigenvalue weighted by atomic mass is 9.93. The second-order valence-corrected chi connectivity index (χ2v) is 8.79. The third kappa shape index (κ3) is 11.0. The number of rotatable bonds is 6. The van der Waals surface area contributed by atoms with Crippen LogP contribution in [-0.4, -0.2) is 67.9 Å². The van der Waals surface area contributed by atoms with Crippen LogP contribution in [0.5, 0.6) is 0 Å². The number of piperidine rings is 1. The van der Waals surface area contributed by atoms with Gasteiger partial charge in [-0.15, -0.1) is 24.0 Å². The van der Waals surface area contributed by atoms with Crippen molar-refractivity contribution >= 4 is 36.0 Å². The number of halogens is 1. The number of ether oxygens (including phenoxy) is 1. The first-order chi connectivity index (χ1) is 12.0. The van der Waals surface area contributed by atoms with Crippen LogP contribution >= 0.6 is 24.0 Å². The monoisotopic (exact) mass is 497 g/mol. The number of alkyl carbamates (subject to hydrolysis) is 1. The Kier molecular flexibility index (Phi) is 11.6. The summed E-state index contributed by atoms with van der Waals surface area (Å²) in [5.74, 6) is 1.51. The maximum Gasteiger partial charge on any atom is 0.407 e. The van der Waals surface area contributed by atoms with E-state index >= 15 is 0 Å². The molecule has 0 aliphatic carbocycles. The molecule has 1 heterocycles. The number of nitrogens with zero attached hydrogens (tertiary/aromatic N) is 2. The van der Waals surface area contributed by atoms with Crippen LogP contribution in [0.15, 0.2) is 4.99 Å².